The number of likely N-dealkylation sites (N-methyl/N-ethyl adjacent to an activating group) is 1. The molecule has 0 unspecified atom stereocenters. The third-order valence-electron chi connectivity index (χ3n) is 2.96. The van der Waals surface area contributed by atoms with Crippen LogP contribution in [-0.4, -0.2) is 49.0 Å². The Morgan fingerprint density at radius 2 is 2.09 bits per heavy atom. The van der Waals surface area contributed by atoms with Crippen molar-refractivity contribution in [3.63, 3.8) is 0 Å². The molecule has 118 valence electrons. The Morgan fingerprint density at radius 3 is 2.73 bits per heavy atom. The van der Waals surface area contributed by atoms with Crippen LogP contribution in [0, 0.1) is 5.82 Å². The lowest BCUT2D eigenvalue weighted by molar-refractivity contribution is -0.116. The fourth-order valence-electron chi connectivity index (χ4n) is 2.12. The Hall–Kier alpha value is -2.41. The normalized spacial score (nSPS) is 11.0. The number of esters is 1. The summed E-state index contributed by atoms with van der Waals surface area (Å²) in [4.78, 5) is 28.5. The fourth-order valence-corrected chi connectivity index (χ4v) is 2.12. The largest absolute Gasteiger partial charge is 0.461 e. The van der Waals surface area contributed by atoms with Gasteiger partial charge >= 0.3 is 5.97 Å². The standard InChI is InChI=1S/C15H18FN3O3/c1-4-22-15(21)14-13(18-12(20)8-19(2)3)10-7-9(16)5-6-11(10)17-14/h5-7,17H,4,8H2,1-3H3,(H,18,20). The van der Waals surface area contributed by atoms with E-state index in [0.717, 1.165) is 0 Å². The lowest BCUT2D eigenvalue weighted by Crippen LogP contribution is -2.27. The number of hydrogen-bond acceptors (Lipinski definition) is 4. The molecule has 6 nitrogen and oxygen atoms in total. The average molecular weight is 307 g/mol. The van der Waals surface area contributed by atoms with Crippen molar-refractivity contribution in [3.05, 3.63) is 29.7 Å². The van der Waals surface area contributed by atoms with Crippen molar-refractivity contribution < 1.29 is 18.7 Å². The number of benzene rings is 1. The van der Waals surface area contributed by atoms with E-state index in [0.29, 0.717) is 10.9 Å². The van der Waals surface area contributed by atoms with Crippen LogP contribution in [0.25, 0.3) is 10.9 Å². The van der Waals surface area contributed by atoms with Crippen LogP contribution in [0.15, 0.2) is 18.2 Å². The molecule has 1 heterocycles. The maximum absolute atomic E-state index is 13.5. The van der Waals surface area contributed by atoms with Gasteiger partial charge < -0.3 is 19.9 Å². The maximum Gasteiger partial charge on any atom is 0.356 e. The molecule has 1 aromatic heterocycles. The van der Waals surface area contributed by atoms with E-state index in [1.807, 2.05) is 0 Å². The van der Waals surface area contributed by atoms with Crippen LogP contribution in [-0.2, 0) is 9.53 Å². The zero-order chi connectivity index (χ0) is 16.3. The van der Waals surface area contributed by atoms with Gasteiger partial charge in [0.15, 0.2) is 0 Å². The predicted octanol–water partition coefficient (Wildman–Crippen LogP) is 1.98. The van der Waals surface area contributed by atoms with Gasteiger partial charge in [0.25, 0.3) is 0 Å². The maximum atomic E-state index is 13.5. The predicted molar refractivity (Wildman–Crippen MR) is 81.4 cm³/mol. The Morgan fingerprint density at radius 1 is 1.36 bits per heavy atom. The Balaban J connectivity index is 2.46. The number of aromatic nitrogens is 1. The van der Waals surface area contributed by atoms with Crippen LogP contribution >= 0.6 is 0 Å². The second-order valence-electron chi connectivity index (χ2n) is 5.07. The molecule has 1 aromatic carbocycles. The molecule has 2 N–H and O–H groups in total. The Labute approximate surface area is 127 Å². The van der Waals surface area contributed by atoms with E-state index in [-0.39, 0.29) is 30.4 Å². The Kier molecular flexibility index (Phi) is 4.77. The van der Waals surface area contributed by atoms with Crippen molar-refractivity contribution in [1.82, 2.24) is 9.88 Å². The van der Waals surface area contributed by atoms with Gasteiger partial charge in [0.1, 0.15) is 11.5 Å². The molecule has 0 bridgehead atoms. The lowest BCUT2D eigenvalue weighted by Gasteiger charge is -2.11. The molecule has 0 aliphatic rings. The highest BCUT2D eigenvalue weighted by molar-refractivity contribution is 6.11. The third kappa shape index (κ3) is 3.43. The zero-order valence-corrected chi connectivity index (χ0v) is 12.7. The summed E-state index contributed by atoms with van der Waals surface area (Å²) in [6.07, 6.45) is 0. The molecule has 0 fully saturated rings. The van der Waals surface area contributed by atoms with E-state index in [1.54, 1.807) is 25.9 Å². The number of ether oxygens (including phenoxy) is 1. The number of nitrogens with zero attached hydrogens (tertiary/aromatic N) is 1. The summed E-state index contributed by atoms with van der Waals surface area (Å²) in [5.41, 5.74) is 0.888. The fraction of sp³-hybridized carbons (Fsp3) is 0.333. The van der Waals surface area contributed by atoms with Crippen LogP contribution in [0.5, 0.6) is 0 Å². The molecule has 2 rings (SSSR count). The van der Waals surface area contributed by atoms with Crippen LogP contribution < -0.4 is 5.32 Å². The molecule has 7 heteroatoms. The van der Waals surface area contributed by atoms with E-state index in [2.05, 4.69) is 10.3 Å². The molecular formula is C15H18FN3O3. The van der Waals surface area contributed by atoms with Crippen molar-refractivity contribution in [1.29, 1.82) is 0 Å². The molecule has 22 heavy (non-hydrogen) atoms. The zero-order valence-electron chi connectivity index (χ0n) is 12.7. The van der Waals surface area contributed by atoms with Crippen molar-refractivity contribution >= 4 is 28.5 Å². The molecule has 0 saturated carbocycles. The summed E-state index contributed by atoms with van der Waals surface area (Å²) in [5, 5.41) is 3.08. The van der Waals surface area contributed by atoms with Gasteiger partial charge in [-0.1, -0.05) is 0 Å². The van der Waals surface area contributed by atoms with E-state index < -0.39 is 11.8 Å². The number of nitrogens with one attached hydrogen (secondary N) is 2. The number of carbonyl (C=O) groups is 2. The van der Waals surface area contributed by atoms with Crippen LogP contribution in [0.2, 0.25) is 0 Å². The molecule has 0 aliphatic heterocycles. The van der Waals surface area contributed by atoms with Gasteiger partial charge in [0, 0.05) is 10.9 Å². The topological polar surface area (TPSA) is 74.4 Å². The molecule has 2 aromatic rings. The van der Waals surface area contributed by atoms with Crippen molar-refractivity contribution in [2.45, 2.75) is 6.92 Å². The summed E-state index contributed by atoms with van der Waals surface area (Å²) in [6, 6.07) is 4.05. The van der Waals surface area contributed by atoms with E-state index in [4.69, 9.17) is 4.74 Å². The van der Waals surface area contributed by atoms with Gasteiger partial charge in [-0.2, -0.15) is 0 Å². The number of anilines is 1. The third-order valence-corrected chi connectivity index (χ3v) is 2.96. The van der Waals surface area contributed by atoms with Gasteiger partial charge in [-0.05, 0) is 39.2 Å². The molecule has 0 atom stereocenters. The minimum Gasteiger partial charge on any atom is -0.461 e. The van der Waals surface area contributed by atoms with E-state index in [1.165, 1.54) is 18.2 Å². The summed E-state index contributed by atoms with van der Waals surface area (Å²) in [7, 11) is 3.50. The van der Waals surface area contributed by atoms with Crippen LogP contribution in [0.4, 0.5) is 10.1 Å². The summed E-state index contributed by atoms with van der Waals surface area (Å²) >= 11 is 0. The van der Waals surface area contributed by atoms with Gasteiger partial charge in [0.2, 0.25) is 5.91 Å². The molecule has 0 aliphatic carbocycles. The number of fused-ring (bicyclic) bond motifs is 1. The second kappa shape index (κ2) is 6.57. The number of carbonyl (C=O) groups excluding carboxylic acids is 2. The van der Waals surface area contributed by atoms with Crippen molar-refractivity contribution in [2.24, 2.45) is 0 Å². The number of amides is 1. The van der Waals surface area contributed by atoms with Gasteiger partial charge in [-0.3, -0.25) is 4.79 Å². The molecule has 0 radical (unpaired) electrons. The molecule has 0 saturated heterocycles. The first-order chi connectivity index (χ1) is 10.4. The number of H-pyrrole nitrogens is 1. The Bertz CT molecular complexity index is 709. The summed E-state index contributed by atoms with van der Waals surface area (Å²) < 4.78 is 18.4. The smallest absolute Gasteiger partial charge is 0.356 e. The molecular weight excluding hydrogens is 289 g/mol. The van der Waals surface area contributed by atoms with E-state index >= 15 is 0 Å². The van der Waals surface area contributed by atoms with Crippen LogP contribution in [0.3, 0.4) is 0 Å². The molecule has 0 spiro atoms. The first-order valence-electron chi connectivity index (χ1n) is 6.85. The number of rotatable bonds is 5. The number of aromatic amines is 1. The average Bonchev–Trinajstić information content (AvgIpc) is 2.76. The summed E-state index contributed by atoms with van der Waals surface area (Å²) in [5.74, 6) is -1.36. The van der Waals surface area contributed by atoms with Gasteiger partial charge in [-0.15, -0.1) is 0 Å². The van der Waals surface area contributed by atoms with Crippen molar-refractivity contribution in [2.75, 3.05) is 32.6 Å². The minimum atomic E-state index is -0.598. The highest BCUT2D eigenvalue weighted by atomic mass is 19.1. The lowest BCUT2D eigenvalue weighted by atomic mass is 10.2. The quantitative estimate of drug-likeness (QED) is 0.828. The minimum absolute atomic E-state index is 0.106. The molecule has 1 amide bonds. The highest BCUT2D eigenvalue weighted by Crippen LogP contribution is 2.29. The van der Waals surface area contributed by atoms with Gasteiger partial charge in [-0.25, -0.2) is 9.18 Å². The van der Waals surface area contributed by atoms with Gasteiger partial charge in [0.05, 0.1) is 18.8 Å². The highest BCUT2D eigenvalue weighted by Gasteiger charge is 2.21. The van der Waals surface area contributed by atoms with E-state index in [9.17, 15) is 14.0 Å². The first-order valence-corrected chi connectivity index (χ1v) is 6.85. The van der Waals surface area contributed by atoms with Crippen LogP contribution in [0.1, 0.15) is 17.4 Å². The summed E-state index contributed by atoms with van der Waals surface area (Å²) in [6.45, 7) is 2.03. The monoisotopic (exact) mass is 307 g/mol. The SMILES string of the molecule is CCOC(=O)c1[nH]c2ccc(F)cc2c1NC(=O)CN(C)C. The number of halogens is 1. The number of hydrogen-bond donors (Lipinski definition) is 2. The van der Waals surface area contributed by atoms with Crippen molar-refractivity contribution in [3.8, 4) is 0 Å². The second-order valence-corrected chi connectivity index (χ2v) is 5.07. The first kappa shape index (κ1) is 16.0.